The number of rotatable bonds is 6. The maximum absolute atomic E-state index is 11.9. The smallest absolute Gasteiger partial charge is 0.337 e. The van der Waals surface area contributed by atoms with Gasteiger partial charge in [-0.2, -0.15) is 0 Å². The van der Waals surface area contributed by atoms with Crippen LogP contribution in [0.2, 0.25) is 5.02 Å². The third kappa shape index (κ3) is 4.15. The number of aromatic carboxylic acids is 1. The molecule has 0 aliphatic heterocycles. The highest BCUT2D eigenvalue weighted by Gasteiger charge is 2.24. The van der Waals surface area contributed by atoms with E-state index >= 15 is 0 Å². The molecule has 20 heavy (non-hydrogen) atoms. The predicted octanol–water partition coefficient (Wildman–Crippen LogP) is 0.0598. The molecule has 0 spiro atoms. The zero-order valence-electron chi connectivity index (χ0n) is 10.5. The van der Waals surface area contributed by atoms with Gasteiger partial charge in [-0.15, -0.1) is 0 Å². The summed E-state index contributed by atoms with van der Waals surface area (Å²) in [6.07, 6.45) is 0. The molecule has 1 atom stereocenters. The third-order valence-electron chi connectivity index (χ3n) is 2.46. The summed E-state index contributed by atoms with van der Waals surface area (Å²) in [5.74, 6) is -1.35. The number of aliphatic hydroxyl groups is 2. The minimum absolute atomic E-state index is 0.0844. The van der Waals surface area contributed by atoms with Crippen molar-refractivity contribution in [3.63, 3.8) is 0 Å². The van der Waals surface area contributed by atoms with Gasteiger partial charge in [0.2, 0.25) is 10.0 Å². The van der Waals surface area contributed by atoms with E-state index in [-0.39, 0.29) is 15.5 Å². The first-order valence-electron chi connectivity index (χ1n) is 5.45. The highest BCUT2D eigenvalue weighted by molar-refractivity contribution is 7.89. The molecule has 0 fully saturated rings. The van der Waals surface area contributed by atoms with Gasteiger partial charge in [-0.05, 0) is 25.1 Å². The zero-order valence-corrected chi connectivity index (χ0v) is 12.1. The van der Waals surface area contributed by atoms with Crippen LogP contribution in [0.4, 0.5) is 0 Å². The van der Waals surface area contributed by atoms with Gasteiger partial charge in [0.05, 0.1) is 27.7 Å². The summed E-state index contributed by atoms with van der Waals surface area (Å²) in [6.45, 7) is 0.202. The van der Waals surface area contributed by atoms with Crippen LogP contribution in [-0.2, 0) is 10.0 Å². The average Bonchev–Trinajstić information content (AvgIpc) is 2.36. The average molecular weight is 324 g/mol. The lowest BCUT2D eigenvalue weighted by molar-refractivity contribution is 0.00681. The van der Waals surface area contributed by atoms with Crippen LogP contribution in [-0.4, -0.2) is 48.5 Å². The zero-order chi connectivity index (χ0) is 15.6. The van der Waals surface area contributed by atoms with Gasteiger partial charge in [-0.1, -0.05) is 11.6 Å². The second kappa shape index (κ2) is 6.06. The minimum atomic E-state index is -4.02. The number of aliphatic hydroxyl groups excluding tert-OH is 1. The Morgan fingerprint density at radius 3 is 2.55 bits per heavy atom. The van der Waals surface area contributed by atoms with Gasteiger partial charge in [0.25, 0.3) is 0 Å². The van der Waals surface area contributed by atoms with Crippen molar-refractivity contribution in [2.75, 3.05) is 13.2 Å². The maximum atomic E-state index is 11.9. The molecule has 0 saturated heterocycles. The van der Waals surface area contributed by atoms with Crippen molar-refractivity contribution in [1.82, 2.24) is 4.72 Å². The summed E-state index contributed by atoms with van der Waals surface area (Å²) in [4.78, 5) is 10.6. The molecule has 1 aromatic rings. The lowest BCUT2D eigenvalue weighted by Gasteiger charge is -2.20. The van der Waals surface area contributed by atoms with E-state index in [1.165, 1.54) is 6.92 Å². The molecular formula is C11H14ClNO6S. The minimum Gasteiger partial charge on any atom is -0.478 e. The molecule has 0 bridgehead atoms. The molecule has 0 aliphatic rings. The Bertz CT molecular complexity index is 613. The standard InChI is InChI=1S/C11H14ClNO6S/c1-11(17,6-14)5-13-20(18,19)7-2-3-9(12)8(4-7)10(15)16/h2-4,13-14,17H,5-6H2,1H3,(H,15,16). The second-order valence-electron chi connectivity index (χ2n) is 4.43. The summed E-state index contributed by atoms with van der Waals surface area (Å²) in [5.41, 5.74) is -1.96. The van der Waals surface area contributed by atoms with Crippen molar-refractivity contribution >= 4 is 27.6 Å². The Kier molecular flexibility index (Phi) is 5.11. The molecule has 0 saturated carbocycles. The van der Waals surface area contributed by atoms with Gasteiger partial charge in [0, 0.05) is 6.54 Å². The first-order valence-corrected chi connectivity index (χ1v) is 7.31. The SMILES string of the molecule is CC(O)(CO)CNS(=O)(=O)c1ccc(Cl)c(C(=O)O)c1. The fourth-order valence-corrected chi connectivity index (χ4v) is 2.61. The molecule has 0 aliphatic carbocycles. The molecule has 0 aromatic heterocycles. The number of carbonyl (C=O) groups is 1. The number of sulfonamides is 1. The number of hydrogen-bond donors (Lipinski definition) is 4. The lowest BCUT2D eigenvalue weighted by Crippen LogP contribution is -2.43. The fraction of sp³-hybridized carbons (Fsp3) is 0.364. The summed E-state index contributed by atoms with van der Waals surface area (Å²) in [6, 6.07) is 3.22. The van der Waals surface area contributed by atoms with Crippen molar-refractivity contribution in [2.45, 2.75) is 17.4 Å². The quantitative estimate of drug-likeness (QED) is 0.587. The van der Waals surface area contributed by atoms with Gasteiger partial charge in [0.1, 0.15) is 0 Å². The van der Waals surface area contributed by atoms with Crippen molar-refractivity contribution in [1.29, 1.82) is 0 Å². The fourth-order valence-electron chi connectivity index (χ4n) is 1.23. The monoisotopic (exact) mass is 323 g/mol. The van der Waals surface area contributed by atoms with E-state index in [0.717, 1.165) is 18.2 Å². The third-order valence-corrected chi connectivity index (χ3v) is 4.19. The Balaban J connectivity index is 3.05. The summed E-state index contributed by atoms with van der Waals surface area (Å²) < 4.78 is 26.0. The van der Waals surface area contributed by atoms with E-state index < -0.39 is 34.7 Å². The molecule has 112 valence electrons. The first-order chi connectivity index (χ1) is 9.09. The van der Waals surface area contributed by atoms with Gasteiger partial charge < -0.3 is 15.3 Å². The van der Waals surface area contributed by atoms with Gasteiger partial charge in [-0.3, -0.25) is 0 Å². The van der Waals surface area contributed by atoms with Crippen molar-refractivity contribution < 1.29 is 28.5 Å². The molecule has 0 radical (unpaired) electrons. The van der Waals surface area contributed by atoms with Crippen molar-refractivity contribution in [3.8, 4) is 0 Å². The number of halogens is 1. The topological polar surface area (TPSA) is 124 Å². The van der Waals surface area contributed by atoms with Crippen LogP contribution in [0, 0.1) is 0 Å². The molecule has 0 heterocycles. The van der Waals surface area contributed by atoms with Gasteiger partial charge in [-0.25, -0.2) is 17.9 Å². The number of hydrogen-bond acceptors (Lipinski definition) is 5. The maximum Gasteiger partial charge on any atom is 0.337 e. The second-order valence-corrected chi connectivity index (χ2v) is 6.60. The molecule has 7 nitrogen and oxygen atoms in total. The molecule has 9 heteroatoms. The van der Waals surface area contributed by atoms with Crippen LogP contribution in [0.3, 0.4) is 0 Å². The van der Waals surface area contributed by atoms with Gasteiger partial charge >= 0.3 is 5.97 Å². The van der Waals surface area contributed by atoms with E-state index in [1.807, 2.05) is 0 Å². The van der Waals surface area contributed by atoms with Crippen molar-refractivity contribution in [2.24, 2.45) is 0 Å². The number of nitrogens with one attached hydrogen (secondary N) is 1. The Morgan fingerprint density at radius 1 is 1.45 bits per heavy atom. The van der Waals surface area contributed by atoms with E-state index in [0.29, 0.717) is 0 Å². The summed E-state index contributed by atoms with van der Waals surface area (Å²) in [5, 5.41) is 27.2. The van der Waals surface area contributed by atoms with Gasteiger partial charge in [0.15, 0.2) is 0 Å². The van der Waals surface area contributed by atoms with E-state index in [1.54, 1.807) is 0 Å². The molecule has 1 aromatic carbocycles. The highest BCUT2D eigenvalue weighted by Crippen LogP contribution is 2.20. The summed E-state index contributed by atoms with van der Waals surface area (Å²) in [7, 11) is -4.02. The van der Waals surface area contributed by atoms with Crippen LogP contribution in [0.5, 0.6) is 0 Å². The molecule has 0 amide bonds. The normalized spacial score (nSPS) is 14.8. The van der Waals surface area contributed by atoms with Crippen LogP contribution in [0.25, 0.3) is 0 Å². The van der Waals surface area contributed by atoms with Crippen LogP contribution < -0.4 is 4.72 Å². The molecule has 1 rings (SSSR count). The van der Waals surface area contributed by atoms with E-state index in [2.05, 4.69) is 4.72 Å². The van der Waals surface area contributed by atoms with Crippen molar-refractivity contribution in [3.05, 3.63) is 28.8 Å². The van der Waals surface area contributed by atoms with Crippen LogP contribution >= 0.6 is 11.6 Å². The largest absolute Gasteiger partial charge is 0.478 e. The highest BCUT2D eigenvalue weighted by atomic mass is 35.5. The lowest BCUT2D eigenvalue weighted by atomic mass is 10.1. The number of carboxylic acid groups (broad SMARTS) is 1. The summed E-state index contributed by atoms with van der Waals surface area (Å²) >= 11 is 5.64. The Morgan fingerprint density at radius 2 is 2.05 bits per heavy atom. The molecule has 1 unspecified atom stereocenters. The first kappa shape index (κ1) is 16.9. The number of carboxylic acids is 1. The van der Waals surface area contributed by atoms with E-state index in [4.69, 9.17) is 21.8 Å². The predicted molar refractivity (Wildman–Crippen MR) is 71.3 cm³/mol. The molecule has 4 N–H and O–H groups in total. The Labute approximate surface area is 120 Å². The Hall–Kier alpha value is -1.19. The number of benzene rings is 1. The molecular weight excluding hydrogens is 310 g/mol. The van der Waals surface area contributed by atoms with Crippen LogP contribution in [0.1, 0.15) is 17.3 Å². The van der Waals surface area contributed by atoms with E-state index in [9.17, 15) is 18.3 Å². The van der Waals surface area contributed by atoms with Crippen LogP contribution in [0.15, 0.2) is 23.1 Å².